The van der Waals surface area contributed by atoms with E-state index in [1.807, 2.05) is 19.9 Å². The van der Waals surface area contributed by atoms with Crippen LogP contribution in [0.15, 0.2) is 24.3 Å². The Bertz CT molecular complexity index is 404. The van der Waals surface area contributed by atoms with E-state index in [4.69, 9.17) is 10.00 Å². The maximum atomic E-state index is 11.5. The van der Waals surface area contributed by atoms with E-state index in [1.54, 1.807) is 24.3 Å². The number of nitriles is 1. The molecule has 0 bridgehead atoms. The average Bonchev–Trinajstić information content (AvgIpc) is 2.27. The third-order valence-electron chi connectivity index (χ3n) is 2.04. The molecule has 4 heteroatoms. The number of nitrogens with zero attached hydrogens (tertiary/aromatic N) is 1. The molecule has 0 aliphatic heterocycles. The Kier molecular flexibility index (Phi) is 5.02. The van der Waals surface area contributed by atoms with Crippen LogP contribution < -0.4 is 10.1 Å². The van der Waals surface area contributed by atoms with Crippen molar-refractivity contribution in [3.63, 3.8) is 0 Å². The predicted molar refractivity (Wildman–Crippen MR) is 65.6 cm³/mol. The lowest BCUT2D eigenvalue weighted by atomic mass is 10.1. The zero-order valence-corrected chi connectivity index (χ0v) is 10.1. The van der Waals surface area contributed by atoms with Crippen LogP contribution in [0.4, 0.5) is 5.69 Å². The maximum absolute atomic E-state index is 11.5. The number of rotatable bonds is 5. The molecule has 90 valence electrons. The Morgan fingerprint density at radius 2 is 2.06 bits per heavy atom. The van der Waals surface area contributed by atoms with Crippen LogP contribution in [0.2, 0.25) is 0 Å². The summed E-state index contributed by atoms with van der Waals surface area (Å²) in [5.41, 5.74) is 0.736. The summed E-state index contributed by atoms with van der Waals surface area (Å²) in [4.78, 5) is 11.5. The van der Waals surface area contributed by atoms with E-state index in [2.05, 4.69) is 5.32 Å². The molecule has 0 fully saturated rings. The second kappa shape index (κ2) is 6.54. The van der Waals surface area contributed by atoms with E-state index in [0.717, 1.165) is 5.69 Å². The summed E-state index contributed by atoms with van der Waals surface area (Å²) in [7, 11) is 0. The number of amides is 1. The molecule has 0 unspecified atom stereocenters. The lowest BCUT2D eigenvalue weighted by Gasteiger charge is -2.08. The highest BCUT2D eigenvalue weighted by molar-refractivity contribution is 5.90. The number of hydrogen-bond acceptors (Lipinski definition) is 3. The second-order valence-electron chi connectivity index (χ2n) is 4.12. The summed E-state index contributed by atoms with van der Waals surface area (Å²) in [6.07, 6.45) is 0.507. The van der Waals surface area contributed by atoms with Gasteiger partial charge < -0.3 is 10.1 Å². The maximum Gasteiger partial charge on any atom is 0.224 e. The molecule has 0 saturated carbocycles. The van der Waals surface area contributed by atoms with Crippen LogP contribution in [0.3, 0.4) is 0 Å². The van der Waals surface area contributed by atoms with E-state index in [0.29, 0.717) is 18.1 Å². The smallest absolute Gasteiger partial charge is 0.224 e. The number of ether oxygens (including phenoxy) is 1. The molecular weight excluding hydrogens is 216 g/mol. The highest BCUT2D eigenvalue weighted by Gasteiger charge is 2.05. The molecule has 0 spiro atoms. The van der Waals surface area contributed by atoms with Gasteiger partial charge in [-0.15, -0.1) is 0 Å². The predicted octanol–water partition coefficient (Wildman–Crippen LogP) is 2.57. The first-order chi connectivity index (χ1) is 8.11. The fraction of sp³-hybridized carbons (Fsp3) is 0.385. The summed E-state index contributed by atoms with van der Waals surface area (Å²) in [5, 5.41) is 11.2. The molecule has 17 heavy (non-hydrogen) atoms. The first-order valence-corrected chi connectivity index (χ1v) is 5.51. The molecule has 0 aliphatic rings. The molecule has 0 radical (unpaired) electrons. The molecule has 1 amide bonds. The standard InChI is InChI=1S/C13H16N2O2/c1-10(2)9-13(16)15-11-3-5-12(6-4-11)17-8-7-14/h3-6,10H,8-9H2,1-2H3,(H,15,16). The Labute approximate surface area is 101 Å². The van der Waals surface area contributed by atoms with Crippen molar-refractivity contribution in [3.8, 4) is 11.8 Å². The van der Waals surface area contributed by atoms with Gasteiger partial charge in [0.25, 0.3) is 0 Å². The lowest BCUT2D eigenvalue weighted by Crippen LogP contribution is -2.13. The van der Waals surface area contributed by atoms with Crippen LogP contribution >= 0.6 is 0 Å². The van der Waals surface area contributed by atoms with Gasteiger partial charge >= 0.3 is 0 Å². The highest BCUT2D eigenvalue weighted by Crippen LogP contribution is 2.16. The summed E-state index contributed by atoms with van der Waals surface area (Å²) in [6, 6.07) is 8.85. The summed E-state index contributed by atoms with van der Waals surface area (Å²) in [6.45, 7) is 4.02. The van der Waals surface area contributed by atoms with Gasteiger partial charge in [-0.1, -0.05) is 13.8 Å². The number of benzene rings is 1. The van der Waals surface area contributed by atoms with Crippen molar-refractivity contribution < 1.29 is 9.53 Å². The van der Waals surface area contributed by atoms with Gasteiger partial charge in [-0.25, -0.2) is 0 Å². The molecule has 0 atom stereocenters. The van der Waals surface area contributed by atoms with E-state index in [1.165, 1.54) is 0 Å². The van der Waals surface area contributed by atoms with E-state index in [-0.39, 0.29) is 12.5 Å². The largest absolute Gasteiger partial charge is 0.479 e. The monoisotopic (exact) mass is 232 g/mol. The molecule has 0 heterocycles. The first-order valence-electron chi connectivity index (χ1n) is 5.51. The van der Waals surface area contributed by atoms with Crippen LogP contribution in [0.1, 0.15) is 20.3 Å². The average molecular weight is 232 g/mol. The highest BCUT2D eigenvalue weighted by atomic mass is 16.5. The Balaban J connectivity index is 2.51. The van der Waals surface area contributed by atoms with E-state index < -0.39 is 0 Å². The summed E-state index contributed by atoms with van der Waals surface area (Å²) < 4.78 is 5.11. The zero-order valence-electron chi connectivity index (χ0n) is 10.1. The van der Waals surface area contributed by atoms with Crippen molar-refractivity contribution in [2.75, 3.05) is 11.9 Å². The Hall–Kier alpha value is -2.02. The molecule has 0 saturated heterocycles. The minimum atomic E-state index is 0.00527. The molecule has 0 aliphatic carbocycles. The SMILES string of the molecule is CC(C)CC(=O)Nc1ccc(OCC#N)cc1. The van der Waals surface area contributed by atoms with E-state index in [9.17, 15) is 4.79 Å². The minimum Gasteiger partial charge on any atom is -0.479 e. The molecule has 1 aromatic carbocycles. The van der Waals surface area contributed by atoms with Crippen molar-refractivity contribution in [1.29, 1.82) is 5.26 Å². The van der Waals surface area contributed by atoms with Gasteiger partial charge in [0.2, 0.25) is 5.91 Å². The van der Waals surface area contributed by atoms with Gasteiger partial charge in [-0.2, -0.15) is 5.26 Å². The van der Waals surface area contributed by atoms with Crippen LogP contribution in [0, 0.1) is 17.2 Å². The van der Waals surface area contributed by atoms with Crippen molar-refractivity contribution in [2.24, 2.45) is 5.92 Å². The molecule has 1 rings (SSSR count). The number of carbonyl (C=O) groups excluding carboxylic acids is 1. The first kappa shape index (κ1) is 13.0. The third kappa shape index (κ3) is 5.03. The lowest BCUT2D eigenvalue weighted by molar-refractivity contribution is -0.116. The van der Waals surface area contributed by atoms with Crippen molar-refractivity contribution in [1.82, 2.24) is 0 Å². The van der Waals surface area contributed by atoms with Gasteiger partial charge in [-0.3, -0.25) is 4.79 Å². The molecule has 0 aromatic heterocycles. The van der Waals surface area contributed by atoms with Crippen LogP contribution in [0.5, 0.6) is 5.75 Å². The van der Waals surface area contributed by atoms with Gasteiger partial charge in [0, 0.05) is 12.1 Å². The number of nitrogens with one attached hydrogen (secondary N) is 1. The number of hydrogen-bond donors (Lipinski definition) is 1. The minimum absolute atomic E-state index is 0.00527. The molecular formula is C13H16N2O2. The van der Waals surface area contributed by atoms with Crippen LogP contribution in [-0.2, 0) is 4.79 Å². The Morgan fingerprint density at radius 3 is 2.59 bits per heavy atom. The molecule has 1 aromatic rings. The van der Waals surface area contributed by atoms with Crippen molar-refractivity contribution in [2.45, 2.75) is 20.3 Å². The van der Waals surface area contributed by atoms with Crippen LogP contribution in [0.25, 0.3) is 0 Å². The number of anilines is 1. The van der Waals surface area contributed by atoms with Gasteiger partial charge in [-0.05, 0) is 30.2 Å². The third-order valence-corrected chi connectivity index (χ3v) is 2.04. The topological polar surface area (TPSA) is 62.1 Å². The fourth-order valence-corrected chi connectivity index (χ4v) is 1.33. The van der Waals surface area contributed by atoms with Gasteiger partial charge in [0.1, 0.15) is 11.8 Å². The number of carbonyl (C=O) groups is 1. The Morgan fingerprint density at radius 1 is 1.41 bits per heavy atom. The van der Waals surface area contributed by atoms with Gasteiger partial charge in [0.05, 0.1) is 0 Å². The van der Waals surface area contributed by atoms with E-state index >= 15 is 0 Å². The van der Waals surface area contributed by atoms with Crippen LogP contribution in [-0.4, -0.2) is 12.5 Å². The van der Waals surface area contributed by atoms with Crippen molar-refractivity contribution in [3.05, 3.63) is 24.3 Å². The zero-order chi connectivity index (χ0) is 12.7. The summed E-state index contributed by atoms with van der Waals surface area (Å²) >= 11 is 0. The quantitative estimate of drug-likeness (QED) is 0.848. The van der Waals surface area contributed by atoms with Crippen molar-refractivity contribution >= 4 is 11.6 Å². The normalized spacial score (nSPS) is 9.76. The summed E-state index contributed by atoms with van der Waals surface area (Å²) in [5.74, 6) is 0.965. The fourth-order valence-electron chi connectivity index (χ4n) is 1.33. The second-order valence-corrected chi connectivity index (χ2v) is 4.12. The molecule has 1 N–H and O–H groups in total. The molecule has 4 nitrogen and oxygen atoms in total. The van der Waals surface area contributed by atoms with Gasteiger partial charge in [0.15, 0.2) is 6.61 Å².